The third-order valence-electron chi connectivity index (χ3n) is 2.75. The molecule has 0 atom stereocenters. The normalized spacial score (nSPS) is 9.86. The molecule has 0 amide bonds. The van der Waals surface area contributed by atoms with Gasteiger partial charge in [-0.2, -0.15) is 0 Å². The highest BCUT2D eigenvalue weighted by molar-refractivity contribution is 5.28. The Balaban J connectivity index is 0. The topological polar surface area (TPSA) is 0 Å². The molecule has 0 heterocycles. The molecule has 1 aromatic rings. The van der Waals surface area contributed by atoms with Crippen molar-refractivity contribution in [3.05, 3.63) is 71.3 Å². The first-order chi connectivity index (χ1) is 9.88. The lowest BCUT2D eigenvalue weighted by Gasteiger charge is -1.98. The lowest BCUT2D eigenvalue weighted by molar-refractivity contribution is 1.16. The molecule has 0 heteroatoms. The Morgan fingerprint density at radius 3 is 1.76 bits per heavy atom. The van der Waals surface area contributed by atoms with Crippen LogP contribution in [0, 0.1) is 20.8 Å². The maximum absolute atomic E-state index is 3.66. The Kier molecular flexibility index (Phi) is 15.4. The van der Waals surface area contributed by atoms with E-state index in [9.17, 15) is 0 Å². The van der Waals surface area contributed by atoms with Gasteiger partial charge in [0.25, 0.3) is 0 Å². The van der Waals surface area contributed by atoms with Gasteiger partial charge >= 0.3 is 0 Å². The predicted octanol–water partition coefficient (Wildman–Crippen LogP) is 7.11. The first-order valence-electron chi connectivity index (χ1n) is 7.85. The van der Waals surface area contributed by atoms with Crippen LogP contribution in [0.2, 0.25) is 0 Å². The molecule has 0 aliphatic carbocycles. The molecule has 0 aliphatic rings. The summed E-state index contributed by atoms with van der Waals surface area (Å²) < 4.78 is 0. The summed E-state index contributed by atoms with van der Waals surface area (Å²) in [5, 5.41) is 0. The molecule has 0 saturated heterocycles. The number of benzene rings is 1. The highest BCUT2D eigenvalue weighted by atomic mass is 13.9. The number of allylic oxidation sites excluding steroid dienone is 5. The predicted molar refractivity (Wildman–Crippen MR) is 100 cm³/mol. The van der Waals surface area contributed by atoms with Gasteiger partial charge in [-0.15, -0.1) is 0 Å². The first-order valence-corrected chi connectivity index (χ1v) is 7.85. The van der Waals surface area contributed by atoms with Crippen LogP contribution in [-0.2, 0) is 0 Å². The van der Waals surface area contributed by atoms with E-state index in [0.717, 1.165) is 5.57 Å². The van der Waals surface area contributed by atoms with Gasteiger partial charge in [-0.1, -0.05) is 74.1 Å². The minimum Gasteiger partial charge on any atom is -0.0961 e. The summed E-state index contributed by atoms with van der Waals surface area (Å²) in [6.07, 6.45) is 10.7. The second kappa shape index (κ2) is 14.8. The zero-order chi connectivity index (χ0) is 16.7. The van der Waals surface area contributed by atoms with Crippen LogP contribution in [0.15, 0.2) is 54.7 Å². The zero-order valence-corrected chi connectivity index (χ0v) is 15.2. The third-order valence-corrected chi connectivity index (χ3v) is 2.75. The zero-order valence-electron chi connectivity index (χ0n) is 15.2. The number of aryl methyl sites for hydroxylation is 3. The van der Waals surface area contributed by atoms with Crippen LogP contribution in [0.4, 0.5) is 0 Å². The van der Waals surface area contributed by atoms with Gasteiger partial charge in [-0.3, -0.25) is 0 Å². The molecule has 0 radical (unpaired) electrons. The molecule has 0 nitrogen and oxygen atoms in total. The van der Waals surface area contributed by atoms with Crippen LogP contribution in [0.5, 0.6) is 0 Å². The summed E-state index contributed by atoms with van der Waals surface area (Å²) in [6.45, 7) is 18.3. The average molecular weight is 287 g/mol. The molecule has 0 unspecified atom stereocenters. The quantitative estimate of drug-likeness (QED) is 0.410. The fourth-order valence-electron chi connectivity index (χ4n) is 1.51. The van der Waals surface area contributed by atoms with Gasteiger partial charge in [-0.25, -0.2) is 0 Å². The van der Waals surface area contributed by atoms with E-state index in [1.54, 1.807) is 0 Å². The van der Waals surface area contributed by atoms with Crippen molar-refractivity contribution >= 4 is 0 Å². The fraction of sp³-hybridized carbons (Fsp3) is 0.429. The Morgan fingerprint density at radius 2 is 1.52 bits per heavy atom. The number of rotatable bonds is 3. The van der Waals surface area contributed by atoms with E-state index >= 15 is 0 Å². The standard InChI is InChI=1S/C9H12.C6H10.C6H12/c1-7-4-5-8(2)9(3)6-7;1-4-5-6(2)3;1-3-5-6-4-2/h4-6H,1-3H3;4-5H,2H2,1,3H3;5-6H,3-4H2,1-2H3/b;5-4+;6-5-. The van der Waals surface area contributed by atoms with E-state index in [1.807, 2.05) is 26.0 Å². The molecular weight excluding hydrogens is 252 g/mol. The van der Waals surface area contributed by atoms with Crippen molar-refractivity contribution in [2.75, 3.05) is 0 Å². The van der Waals surface area contributed by atoms with Gasteiger partial charge in [0.1, 0.15) is 0 Å². The van der Waals surface area contributed by atoms with Crippen molar-refractivity contribution in [1.29, 1.82) is 0 Å². The van der Waals surface area contributed by atoms with Gasteiger partial charge in [0.05, 0.1) is 0 Å². The summed E-state index contributed by atoms with van der Waals surface area (Å²) in [4.78, 5) is 0. The lowest BCUT2D eigenvalue weighted by Crippen LogP contribution is -1.79. The molecule has 21 heavy (non-hydrogen) atoms. The van der Waals surface area contributed by atoms with Crippen molar-refractivity contribution in [3.63, 3.8) is 0 Å². The highest BCUT2D eigenvalue weighted by Crippen LogP contribution is 2.07. The smallest absolute Gasteiger partial charge is 0.0379 e. The van der Waals surface area contributed by atoms with E-state index in [1.165, 1.54) is 29.5 Å². The maximum atomic E-state index is 3.66. The van der Waals surface area contributed by atoms with Crippen molar-refractivity contribution in [1.82, 2.24) is 0 Å². The van der Waals surface area contributed by atoms with Gasteiger partial charge in [0.2, 0.25) is 0 Å². The molecule has 0 bridgehead atoms. The molecule has 0 fully saturated rings. The monoisotopic (exact) mass is 286 g/mol. The van der Waals surface area contributed by atoms with E-state index in [-0.39, 0.29) is 0 Å². The Labute approximate surface area is 133 Å². The molecule has 0 aliphatic heterocycles. The largest absolute Gasteiger partial charge is 0.0961 e. The van der Waals surface area contributed by atoms with Crippen LogP contribution in [0.1, 0.15) is 57.2 Å². The lowest BCUT2D eigenvalue weighted by atomic mass is 10.1. The molecule has 1 rings (SSSR count). The van der Waals surface area contributed by atoms with Crippen molar-refractivity contribution in [3.8, 4) is 0 Å². The molecule has 1 aromatic carbocycles. The van der Waals surface area contributed by atoms with Crippen LogP contribution < -0.4 is 0 Å². The maximum Gasteiger partial charge on any atom is -0.0379 e. The highest BCUT2D eigenvalue weighted by Gasteiger charge is 1.89. The minimum absolute atomic E-state index is 1.11. The summed E-state index contributed by atoms with van der Waals surface area (Å²) >= 11 is 0. The van der Waals surface area contributed by atoms with E-state index in [4.69, 9.17) is 0 Å². The van der Waals surface area contributed by atoms with E-state index < -0.39 is 0 Å². The van der Waals surface area contributed by atoms with Crippen LogP contribution >= 0.6 is 0 Å². The average Bonchev–Trinajstić information content (AvgIpc) is 2.42. The molecule has 118 valence electrons. The summed E-state index contributed by atoms with van der Waals surface area (Å²) in [6, 6.07) is 6.50. The fourth-order valence-corrected chi connectivity index (χ4v) is 1.51. The molecule has 0 saturated carbocycles. The Hall–Kier alpha value is -1.56. The van der Waals surface area contributed by atoms with Gasteiger partial charge in [0.15, 0.2) is 0 Å². The minimum atomic E-state index is 1.11. The van der Waals surface area contributed by atoms with E-state index in [0.29, 0.717) is 0 Å². The van der Waals surface area contributed by atoms with Crippen LogP contribution in [0.25, 0.3) is 0 Å². The van der Waals surface area contributed by atoms with Gasteiger partial charge in [-0.05, 0) is 58.6 Å². The molecule has 0 spiro atoms. The summed E-state index contributed by atoms with van der Waals surface area (Å²) in [5.41, 5.74) is 5.21. The molecule has 0 N–H and O–H groups in total. The number of hydrogen-bond donors (Lipinski definition) is 0. The van der Waals surface area contributed by atoms with Crippen molar-refractivity contribution in [2.24, 2.45) is 0 Å². The Morgan fingerprint density at radius 1 is 1.00 bits per heavy atom. The molecule has 0 aromatic heterocycles. The summed E-state index contributed by atoms with van der Waals surface area (Å²) in [7, 11) is 0. The van der Waals surface area contributed by atoms with Crippen LogP contribution in [-0.4, -0.2) is 0 Å². The molecular formula is C21H34. The van der Waals surface area contributed by atoms with Gasteiger partial charge in [0, 0.05) is 0 Å². The number of hydrogen-bond acceptors (Lipinski definition) is 0. The van der Waals surface area contributed by atoms with E-state index in [2.05, 4.69) is 71.5 Å². The van der Waals surface area contributed by atoms with Crippen molar-refractivity contribution < 1.29 is 0 Å². The second-order valence-electron chi connectivity index (χ2n) is 5.22. The van der Waals surface area contributed by atoms with Gasteiger partial charge < -0.3 is 0 Å². The van der Waals surface area contributed by atoms with Crippen LogP contribution in [0.3, 0.4) is 0 Å². The first kappa shape index (κ1) is 21.7. The third kappa shape index (κ3) is 16.4. The summed E-state index contributed by atoms with van der Waals surface area (Å²) in [5.74, 6) is 0. The Bertz CT molecular complexity index is 427. The van der Waals surface area contributed by atoms with Crippen molar-refractivity contribution in [2.45, 2.75) is 61.3 Å². The SMILES string of the molecule is C=C(C)/C=C/C.CC/C=C\CC.Cc1ccc(C)c(C)c1. The second-order valence-corrected chi connectivity index (χ2v) is 5.22.